The first kappa shape index (κ1) is 15.2. The first-order valence-electron chi connectivity index (χ1n) is 7.86. The monoisotopic (exact) mass is 333 g/mol. The van der Waals surface area contributed by atoms with Gasteiger partial charge in [-0.1, -0.05) is 30.3 Å². The summed E-state index contributed by atoms with van der Waals surface area (Å²) in [5.41, 5.74) is 3.21. The third-order valence-electron chi connectivity index (χ3n) is 3.93. The maximum atomic E-state index is 12.7. The van der Waals surface area contributed by atoms with Gasteiger partial charge in [-0.15, -0.1) is 10.2 Å². The van der Waals surface area contributed by atoms with Crippen LogP contribution in [-0.2, 0) is 0 Å². The fraction of sp³-hybridized carbons (Fsp3) is 0.111. The molecule has 2 aromatic carbocycles. The second-order valence-electron chi connectivity index (χ2n) is 5.53. The number of nitrogens with one attached hydrogen (secondary N) is 1. The van der Waals surface area contributed by atoms with E-state index in [0.717, 1.165) is 5.52 Å². The lowest BCUT2D eigenvalue weighted by Gasteiger charge is -2.09. The van der Waals surface area contributed by atoms with Gasteiger partial charge in [0.15, 0.2) is 11.6 Å². The summed E-state index contributed by atoms with van der Waals surface area (Å²) in [5, 5.41) is 20.0. The normalized spacial score (nSPS) is 11.1. The molecular formula is C18H15N5O2. The van der Waals surface area contributed by atoms with Crippen molar-refractivity contribution in [2.45, 2.75) is 0 Å². The molecule has 0 radical (unpaired) electrons. The zero-order valence-electron chi connectivity index (χ0n) is 13.3. The molecule has 2 heterocycles. The van der Waals surface area contributed by atoms with Gasteiger partial charge >= 0.3 is 0 Å². The van der Waals surface area contributed by atoms with E-state index >= 15 is 0 Å². The lowest BCUT2D eigenvalue weighted by Crippen LogP contribution is -2.09. The maximum absolute atomic E-state index is 12.7. The van der Waals surface area contributed by atoms with Crippen LogP contribution in [0.15, 0.2) is 54.9 Å². The number of ketones is 1. The van der Waals surface area contributed by atoms with Crippen molar-refractivity contribution in [1.29, 1.82) is 0 Å². The number of nitrogens with zero attached hydrogens (tertiary/aromatic N) is 4. The molecule has 2 aromatic heterocycles. The van der Waals surface area contributed by atoms with Crippen molar-refractivity contribution in [3.8, 4) is 0 Å². The quantitative estimate of drug-likeness (QED) is 0.542. The molecule has 0 aliphatic heterocycles. The lowest BCUT2D eigenvalue weighted by atomic mass is 10.0. The molecule has 7 nitrogen and oxygen atoms in total. The van der Waals surface area contributed by atoms with Gasteiger partial charge in [-0.25, -0.2) is 4.98 Å². The molecule has 124 valence electrons. The topological polar surface area (TPSA) is 92.4 Å². The van der Waals surface area contributed by atoms with Gasteiger partial charge in [-0.2, -0.15) is 0 Å². The third kappa shape index (κ3) is 2.70. The minimum Gasteiger partial charge on any atom is -0.395 e. The Labute approximate surface area is 143 Å². The molecule has 0 atom stereocenters. The molecular weight excluding hydrogens is 318 g/mol. The number of fused-ring (bicyclic) bond motifs is 3. The Morgan fingerprint density at radius 3 is 2.76 bits per heavy atom. The molecule has 0 amide bonds. The van der Waals surface area contributed by atoms with Gasteiger partial charge in [0.05, 0.1) is 17.6 Å². The molecule has 25 heavy (non-hydrogen) atoms. The summed E-state index contributed by atoms with van der Waals surface area (Å²) < 4.78 is 1.78. The molecule has 4 aromatic rings. The number of benzene rings is 2. The number of aliphatic hydroxyl groups excluding tert-OH is 1. The summed E-state index contributed by atoms with van der Waals surface area (Å²) in [4.78, 5) is 17.2. The van der Waals surface area contributed by atoms with Crippen molar-refractivity contribution in [3.05, 3.63) is 66.0 Å². The van der Waals surface area contributed by atoms with Crippen LogP contribution in [0.2, 0.25) is 0 Å². The smallest absolute Gasteiger partial charge is 0.203 e. The molecule has 0 aliphatic carbocycles. The summed E-state index contributed by atoms with van der Waals surface area (Å²) in [6.45, 7) is 0.357. The van der Waals surface area contributed by atoms with E-state index in [9.17, 15) is 4.79 Å². The summed E-state index contributed by atoms with van der Waals surface area (Å²) in [5.74, 6) is 0.493. The van der Waals surface area contributed by atoms with Crippen LogP contribution in [0.4, 0.5) is 5.82 Å². The fourth-order valence-corrected chi connectivity index (χ4v) is 2.74. The van der Waals surface area contributed by atoms with Crippen LogP contribution in [0.25, 0.3) is 16.7 Å². The van der Waals surface area contributed by atoms with Crippen molar-refractivity contribution in [2.75, 3.05) is 18.5 Å². The van der Waals surface area contributed by atoms with E-state index in [2.05, 4.69) is 20.5 Å². The second-order valence-corrected chi connectivity index (χ2v) is 5.53. The molecule has 2 N–H and O–H groups in total. The minimum atomic E-state index is -0.0498. The van der Waals surface area contributed by atoms with Gasteiger partial charge in [0, 0.05) is 17.7 Å². The van der Waals surface area contributed by atoms with E-state index in [-0.39, 0.29) is 12.4 Å². The molecule has 0 spiro atoms. The number of carbonyl (C=O) groups excluding carboxylic acids is 1. The highest BCUT2D eigenvalue weighted by atomic mass is 16.3. The van der Waals surface area contributed by atoms with Crippen LogP contribution >= 0.6 is 0 Å². The Hall–Kier alpha value is -3.32. The number of anilines is 1. The van der Waals surface area contributed by atoms with Crippen LogP contribution in [0.1, 0.15) is 15.9 Å². The van der Waals surface area contributed by atoms with E-state index in [4.69, 9.17) is 5.11 Å². The summed E-state index contributed by atoms with van der Waals surface area (Å²) in [6, 6.07) is 14.5. The zero-order chi connectivity index (χ0) is 17.2. The average Bonchev–Trinajstić information content (AvgIpc) is 3.16. The molecule has 0 saturated heterocycles. The van der Waals surface area contributed by atoms with Crippen molar-refractivity contribution < 1.29 is 9.90 Å². The Kier molecular flexibility index (Phi) is 3.83. The van der Waals surface area contributed by atoms with Gasteiger partial charge in [0.2, 0.25) is 5.65 Å². The highest BCUT2D eigenvalue weighted by Crippen LogP contribution is 2.22. The van der Waals surface area contributed by atoms with Gasteiger partial charge in [0.25, 0.3) is 0 Å². The van der Waals surface area contributed by atoms with Crippen molar-refractivity contribution in [3.63, 3.8) is 0 Å². The minimum absolute atomic E-state index is 0.00940. The fourth-order valence-electron chi connectivity index (χ4n) is 2.74. The van der Waals surface area contributed by atoms with E-state index in [1.165, 1.54) is 0 Å². The molecule has 0 saturated carbocycles. The van der Waals surface area contributed by atoms with Crippen LogP contribution in [-0.4, -0.2) is 43.6 Å². The van der Waals surface area contributed by atoms with E-state index < -0.39 is 0 Å². The Balaban J connectivity index is 1.85. The Morgan fingerprint density at radius 2 is 1.96 bits per heavy atom. The summed E-state index contributed by atoms with van der Waals surface area (Å²) in [6.07, 6.45) is 1.58. The van der Waals surface area contributed by atoms with Crippen LogP contribution in [0.5, 0.6) is 0 Å². The Morgan fingerprint density at radius 1 is 1.12 bits per heavy atom. The van der Waals surface area contributed by atoms with Crippen molar-refractivity contribution in [2.24, 2.45) is 0 Å². The Bertz CT molecular complexity index is 1060. The highest BCUT2D eigenvalue weighted by Gasteiger charge is 2.14. The predicted molar refractivity (Wildman–Crippen MR) is 93.7 cm³/mol. The number of hydrogen-bond donors (Lipinski definition) is 2. The van der Waals surface area contributed by atoms with Crippen LogP contribution in [0.3, 0.4) is 0 Å². The van der Waals surface area contributed by atoms with Gasteiger partial charge < -0.3 is 10.4 Å². The van der Waals surface area contributed by atoms with Gasteiger partial charge in [-0.05, 0) is 18.2 Å². The number of aromatic nitrogens is 4. The summed E-state index contributed by atoms with van der Waals surface area (Å²) in [7, 11) is 0. The first-order valence-corrected chi connectivity index (χ1v) is 7.86. The summed E-state index contributed by atoms with van der Waals surface area (Å²) >= 11 is 0. The maximum Gasteiger partial charge on any atom is 0.203 e. The van der Waals surface area contributed by atoms with E-state index in [0.29, 0.717) is 34.7 Å². The lowest BCUT2D eigenvalue weighted by molar-refractivity contribution is 0.103. The van der Waals surface area contributed by atoms with E-state index in [1.54, 1.807) is 41.1 Å². The number of aliphatic hydroxyl groups is 1. The highest BCUT2D eigenvalue weighted by molar-refractivity contribution is 6.10. The molecule has 0 unspecified atom stereocenters. The van der Waals surface area contributed by atoms with Crippen molar-refractivity contribution >= 4 is 28.3 Å². The largest absolute Gasteiger partial charge is 0.395 e. The number of hydrogen-bond acceptors (Lipinski definition) is 6. The predicted octanol–water partition coefficient (Wildman–Crippen LogP) is 1.91. The average molecular weight is 333 g/mol. The molecule has 0 fully saturated rings. The standard InChI is InChI=1S/C18H15N5O2/c24-9-8-19-17-18-22-20-11-23(18)15-10-13(6-7-14(15)21-17)16(25)12-4-2-1-3-5-12/h1-7,10-11,24H,8-9H2,(H,19,21). The number of rotatable bonds is 5. The molecule has 0 bridgehead atoms. The van der Waals surface area contributed by atoms with Crippen LogP contribution < -0.4 is 5.32 Å². The molecule has 4 rings (SSSR count). The van der Waals surface area contributed by atoms with Gasteiger partial charge in [0.1, 0.15) is 6.33 Å². The second kappa shape index (κ2) is 6.29. The first-order chi connectivity index (χ1) is 12.3. The molecule has 0 aliphatic rings. The number of carbonyl (C=O) groups is 1. The molecule has 7 heteroatoms. The van der Waals surface area contributed by atoms with Crippen LogP contribution in [0, 0.1) is 0 Å². The third-order valence-corrected chi connectivity index (χ3v) is 3.93. The zero-order valence-corrected chi connectivity index (χ0v) is 13.3. The van der Waals surface area contributed by atoms with E-state index in [1.807, 2.05) is 18.2 Å². The SMILES string of the molecule is O=C(c1ccccc1)c1ccc2nc(NCCO)c3nncn3c2c1. The van der Waals surface area contributed by atoms with Crippen molar-refractivity contribution in [1.82, 2.24) is 19.6 Å². The van der Waals surface area contributed by atoms with Gasteiger partial charge in [-0.3, -0.25) is 9.20 Å².